The molecule has 0 heterocycles. The molecule has 1 saturated carbocycles. The van der Waals surface area contributed by atoms with Crippen LogP contribution in [0.1, 0.15) is 29.6 Å². The van der Waals surface area contributed by atoms with Crippen molar-refractivity contribution < 1.29 is 17.6 Å². The maximum atomic E-state index is 13.6. The fourth-order valence-electron chi connectivity index (χ4n) is 2.04. The molecule has 1 amide bonds. The minimum absolute atomic E-state index is 0.0878. The summed E-state index contributed by atoms with van der Waals surface area (Å²) in [6.45, 7) is 0. The molecule has 1 aromatic carbocycles. The molecule has 1 aliphatic rings. The molecule has 1 aliphatic carbocycles. The molecule has 0 unspecified atom stereocenters. The van der Waals surface area contributed by atoms with E-state index in [9.17, 15) is 17.6 Å². The molecule has 0 bridgehead atoms. The van der Waals surface area contributed by atoms with Gasteiger partial charge in [0.1, 0.15) is 10.7 Å². The van der Waals surface area contributed by atoms with Gasteiger partial charge in [0.15, 0.2) is 0 Å². The predicted octanol–water partition coefficient (Wildman–Crippen LogP) is 1.86. The Bertz CT molecular complexity index is 659. The van der Waals surface area contributed by atoms with E-state index in [0.29, 0.717) is 0 Å². The van der Waals surface area contributed by atoms with Crippen LogP contribution in [0.5, 0.6) is 0 Å². The standard InChI is InChI=1S/C12H14BrFN2O3S/c1-16(7-3-2-4-7)12(17)8-5-11(20(15,18)19)10(14)6-9(8)13/h5-7H,2-4H2,1H3,(H2,15,18,19). The molecule has 110 valence electrons. The number of halogens is 2. The molecule has 0 spiro atoms. The van der Waals surface area contributed by atoms with Crippen LogP contribution in [-0.4, -0.2) is 32.3 Å². The van der Waals surface area contributed by atoms with Crippen LogP contribution in [0.3, 0.4) is 0 Å². The summed E-state index contributed by atoms with van der Waals surface area (Å²) in [7, 11) is -2.56. The van der Waals surface area contributed by atoms with E-state index in [0.717, 1.165) is 31.4 Å². The smallest absolute Gasteiger partial charge is 0.255 e. The minimum Gasteiger partial charge on any atom is -0.339 e. The highest BCUT2D eigenvalue weighted by Crippen LogP contribution is 2.29. The number of carbonyl (C=O) groups is 1. The van der Waals surface area contributed by atoms with Crippen LogP contribution in [-0.2, 0) is 10.0 Å². The van der Waals surface area contributed by atoms with Gasteiger partial charge in [0.25, 0.3) is 5.91 Å². The highest BCUT2D eigenvalue weighted by atomic mass is 79.9. The average Bonchev–Trinajstić information content (AvgIpc) is 2.23. The van der Waals surface area contributed by atoms with E-state index in [-0.39, 0.29) is 22.0 Å². The minimum atomic E-state index is -4.21. The lowest BCUT2D eigenvalue weighted by Crippen LogP contribution is -2.41. The van der Waals surface area contributed by atoms with Crippen molar-refractivity contribution in [3.8, 4) is 0 Å². The molecule has 5 nitrogen and oxygen atoms in total. The van der Waals surface area contributed by atoms with Crippen LogP contribution in [0.4, 0.5) is 4.39 Å². The third-order valence-electron chi connectivity index (χ3n) is 3.50. The van der Waals surface area contributed by atoms with Crippen molar-refractivity contribution in [2.45, 2.75) is 30.2 Å². The first kappa shape index (κ1) is 15.4. The van der Waals surface area contributed by atoms with Gasteiger partial charge in [-0.2, -0.15) is 0 Å². The van der Waals surface area contributed by atoms with E-state index in [4.69, 9.17) is 5.14 Å². The summed E-state index contributed by atoms with van der Waals surface area (Å²) in [4.78, 5) is 13.2. The van der Waals surface area contributed by atoms with Gasteiger partial charge in [-0.05, 0) is 47.3 Å². The normalized spacial score (nSPS) is 15.8. The molecule has 0 aliphatic heterocycles. The van der Waals surface area contributed by atoms with E-state index < -0.39 is 20.7 Å². The summed E-state index contributed by atoms with van der Waals surface area (Å²) in [6.07, 6.45) is 2.90. The van der Waals surface area contributed by atoms with Crippen LogP contribution in [0.2, 0.25) is 0 Å². The first-order chi connectivity index (χ1) is 9.21. The average molecular weight is 365 g/mol. The second-order valence-electron chi connectivity index (χ2n) is 4.81. The monoisotopic (exact) mass is 364 g/mol. The number of nitrogens with two attached hydrogens (primary N) is 1. The lowest BCUT2D eigenvalue weighted by atomic mass is 9.91. The van der Waals surface area contributed by atoms with Crippen LogP contribution in [0, 0.1) is 5.82 Å². The van der Waals surface area contributed by atoms with Crippen LogP contribution < -0.4 is 5.14 Å². The summed E-state index contributed by atoms with van der Waals surface area (Å²) < 4.78 is 36.4. The van der Waals surface area contributed by atoms with Gasteiger partial charge in [-0.1, -0.05) is 0 Å². The second kappa shape index (κ2) is 5.42. The van der Waals surface area contributed by atoms with Crippen LogP contribution in [0.25, 0.3) is 0 Å². The zero-order valence-corrected chi connectivity index (χ0v) is 13.2. The molecule has 1 fully saturated rings. The summed E-state index contributed by atoms with van der Waals surface area (Å²) in [6, 6.07) is 2.07. The molecule has 2 N–H and O–H groups in total. The zero-order valence-electron chi connectivity index (χ0n) is 10.8. The van der Waals surface area contributed by atoms with E-state index in [1.807, 2.05) is 0 Å². The number of amides is 1. The molecule has 0 radical (unpaired) electrons. The van der Waals surface area contributed by atoms with Crippen molar-refractivity contribution >= 4 is 31.9 Å². The Kier molecular flexibility index (Phi) is 4.17. The second-order valence-corrected chi connectivity index (χ2v) is 7.19. The number of primary sulfonamides is 1. The van der Waals surface area contributed by atoms with Gasteiger partial charge in [-0.25, -0.2) is 17.9 Å². The number of benzene rings is 1. The van der Waals surface area contributed by atoms with E-state index >= 15 is 0 Å². The number of nitrogens with zero attached hydrogens (tertiary/aromatic N) is 1. The van der Waals surface area contributed by atoms with Crippen molar-refractivity contribution in [2.24, 2.45) is 5.14 Å². The van der Waals surface area contributed by atoms with E-state index in [1.54, 1.807) is 11.9 Å². The molecular weight excluding hydrogens is 351 g/mol. The molecule has 1 aromatic rings. The van der Waals surface area contributed by atoms with Gasteiger partial charge in [-0.3, -0.25) is 4.79 Å². The Morgan fingerprint density at radius 3 is 2.50 bits per heavy atom. The van der Waals surface area contributed by atoms with Gasteiger partial charge in [0, 0.05) is 17.6 Å². The van der Waals surface area contributed by atoms with Gasteiger partial charge in [-0.15, -0.1) is 0 Å². The topological polar surface area (TPSA) is 80.5 Å². The van der Waals surface area contributed by atoms with Crippen LogP contribution >= 0.6 is 15.9 Å². The number of hydrogen-bond donors (Lipinski definition) is 1. The molecule has 0 aromatic heterocycles. The van der Waals surface area contributed by atoms with Gasteiger partial charge < -0.3 is 4.90 Å². The Balaban J connectivity index is 2.43. The molecule has 2 rings (SSSR count). The zero-order chi connectivity index (χ0) is 15.1. The Morgan fingerprint density at radius 1 is 1.45 bits per heavy atom. The third-order valence-corrected chi connectivity index (χ3v) is 5.08. The maximum Gasteiger partial charge on any atom is 0.255 e. The SMILES string of the molecule is CN(C(=O)c1cc(S(N)(=O)=O)c(F)cc1Br)C1CCC1. The summed E-state index contributed by atoms with van der Waals surface area (Å²) in [5.41, 5.74) is 0.0878. The maximum absolute atomic E-state index is 13.6. The largest absolute Gasteiger partial charge is 0.339 e. The molecular formula is C12H14BrFN2O3S. The lowest BCUT2D eigenvalue weighted by molar-refractivity contribution is 0.0650. The van der Waals surface area contributed by atoms with Crippen LogP contribution in [0.15, 0.2) is 21.5 Å². The predicted molar refractivity (Wildman–Crippen MR) is 75.2 cm³/mol. The van der Waals surface area contributed by atoms with Gasteiger partial charge in [0.2, 0.25) is 10.0 Å². The first-order valence-electron chi connectivity index (χ1n) is 6.01. The van der Waals surface area contributed by atoms with Crippen molar-refractivity contribution in [1.82, 2.24) is 4.90 Å². The molecule has 20 heavy (non-hydrogen) atoms. The number of carbonyl (C=O) groups excluding carboxylic acids is 1. The Morgan fingerprint density at radius 2 is 2.05 bits per heavy atom. The number of rotatable bonds is 3. The fourth-order valence-corrected chi connectivity index (χ4v) is 3.14. The highest BCUT2D eigenvalue weighted by molar-refractivity contribution is 9.10. The van der Waals surface area contributed by atoms with Crippen molar-refractivity contribution in [2.75, 3.05) is 7.05 Å². The van der Waals surface area contributed by atoms with E-state index in [1.165, 1.54) is 0 Å². The summed E-state index contributed by atoms with van der Waals surface area (Å²) >= 11 is 3.08. The van der Waals surface area contributed by atoms with Gasteiger partial charge in [0.05, 0.1) is 5.56 Å². The Hall–Kier alpha value is -0.990. The highest BCUT2D eigenvalue weighted by Gasteiger charge is 2.28. The number of hydrogen-bond acceptors (Lipinski definition) is 3. The van der Waals surface area contributed by atoms with E-state index in [2.05, 4.69) is 15.9 Å². The third kappa shape index (κ3) is 2.87. The number of sulfonamides is 1. The van der Waals surface area contributed by atoms with Crippen molar-refractivity contribution in [3.63, 3.8) is 0 Å². The quantitative estimate of drug-likeness (QED) is 0.888. The van der Waals surface area contributed by atoms with Crippen molar-refractivity contribution in [1.29, 1.82) is 0 Å². The first-order valence-corrected chi connectivity index (χ1v) is 8.34. The molecule has 0 atom stereocenters. The summed E-state index contributed by atoms with van der Waals surface area (Å²) in [5, 5.41) is 4.94. The molecule has 8 heteroatoms. The fraction of sp³-hybridized carbons (Fsp3) is 0.417. The Labute approximate surface area is 125 Å². The van der Waals surface area contributed by atoms with Crippen molar-refractivity contribution in [3.05, 3.63) is 28.0 Å². The molecule has 0 saturated heterocycles. The lowest BCUT2D eigenvalue weighted by Gasteiger charge is -2.35. The summed E-state index contributed by atoms with van der Waals surface area (Å²) in [5.74, 6) is -1.34. The van der Waals surface area contributed by atoms with Gasteiger partial charge >= 0.3 is 0 Å².